The van der Waals surface area contributed by atoms with Crippen molar-refractivity contribution in [1.82, 2.24) is 15.1 Å². The number of nitrogens with two attached hydrogens (primary N) is 1. The minimum absolute atomic E-state index is 0. The molecule has 0 aromatic rings. The quantitative estimate of drug-likeness (QED) is 0.268. The molecule has 1 unspecified atom stereocenters. The van der Waals surface area contributed by atoms with Crippen molar-refractivity contribution in [2.45, 2.75) is 26.2 Å². The Labute approximate surface area is 158 Å². The number of morpholine rings is 1. The van der Waals surface area contributed by atoms with Crippen LogP contribution < -0.4 is 11.1 Å². The number of ether oxygens (including phenoxy) is 1. The molecule has 0 aliphatic carbocycles. The van der Waals surface area contributed by atoms with E-state index in [0.717, 1.165) is 64.8 Å². The van der Waals surface area contributed by atoms with Gasteiger partial charge in [-0.25, -0.2) is 0 Å². The summed E-state index contributed by atoms with van der Waals surface area (Å²) < 4.78 is 5.34. The summed E-state index contributed by atoms with van der Waals surface area (Å²) >= 11 is 0. The van der Waals surface area contributed by atoms with Crippen LogP contribution >= 0.6 is 24.0 Å². The number of nitrogens with zero attached hydrogens (tertiary/aromatic N) is 3. The standard InChI is InChI=1S/C16H33N5O.HI/c1-15-4-2-7-21(14-15)9-6-19-16(17)18-5-3-8-20-10-12-22-13-11-20;/h15H,2-14H2,1H3,(H3,17,18,19);1H. The Morgan fingerprint density at radius 2 is 2.00 bits per heavy atom. The van der Waals surface area contributed by atoms with Crippen LogP contribution in [0.3, 0.4) is 0 Å². The Balaban J connectivity index is 0.00000264. The molecule has 2 rings (SSSR count). The van der Waals surface area contributed by atoms with Crippen molar-refractivity contribution < 1.29 is 4.74 Å². The number of rotatable bonds is 7. The van der Waals surface area contributed by atoms with Crippen molar-refractivity contribution in [2.75, 3.05) is 65.6 Å². The number of piperidine rings is 1. The lowest BCUT2D eigenvalue weighted by atomic mass is 10.0. The van der Waals surface area contributed by atoms with Crippen LogP contribution in [0, 0.1) is 5.92 Å². The molecule has 3 N–H and O–H groups in total. The van der Waals surface area contributed by atoms with Gasteiger partial charge in [-0.1, -0.05) is 6.92 Å². The fourth-order valence-corrected chi connectivity index (χ4v) is 3.21. The second-order valence-electron chi connectivity index (χ2n) is 6.55. The minimum Gasteiger partial charge on any atom is -0.379 e. The highest BCUT2D eigenvalue weighted by Crippen LogP contribution is 2.14. The number of aliphatic imine (C=N–C) groups is 1. The van der Waals surface area contributed by atoms with E-state index < -0.39 is 0 Å². The van der Waals surface area contributed by atoms with Crippen molar-refractivity contribution in [3.63, 3.8) is 0 Å². The normalized spacial score (nSPS) is 24.2. The second-order valence-corrected chi connectivity index (χ2v) is 6.55. The Kier molecular flexibility index (Phi) is 11.2. The zero-order valence-corrected chi connectivity index (χ0v) is 16.8. The second kappa shape index (κ2) is 12.3. The van der Waals surface area contributed by atoms with Crippen molar-refractivity contribution >= 4 is 29.9 Å². The summed E-state index contributed by atoms with van der Waals surface area (Å²) in [6, 6.07) is 0. The van der Waals surface area contributed by atoms with Gasteiger partial charge in [0, 0.05) is 45.8 Å². The highest BCUT2D eigenvalue weighted by Gasteiger charge is 2.15. The lowest BCUT2D eigenvalue weighted by molar-refractivity contribution is 0.0377. The van der Waals surface area contributed by atoms with Crippen LogP contribution in [0.5, 0.6) is 0 Å². The Hall–Kier alpha value is -0.120. The summed E-state index contributed by atoms with van der Waals surface area (Å²) in [5, 5.41) is 3.24. The van der Waals surface area contributed by atoms with E-state index in [4.69, 9.17) is 10.5 Å². The number of halogens is 1. The smallest absolute Gasteiger partial charge is 0.188 e. The molecule has 0 aromatic carbocycles. The van der Waals surface area contributed by atoms with Crippen LogP contribution in [-0.4, -0.2) is 81.3 Å². The third-order valence-electron chi connectivity index (χ3n) is 4.49. The van der Waals surface area contributed by atoms with Gasteiger partial charge in [-0.2, -0.15) is 0 Å². The van der Waals surface area contributed by atoms with E-state index in [1.165, 1.54) is 25.9 Å². The molecule has 2 fully saturated rings. The van der Waals surface area contributed by atoms with Crippen molar-refractivity contribution in [3.05, 3.63) is 0 Å². The molecule has 0 radical (unpaired) electrons. The first-order valence-corrected chi connectivity index (χ1v) is 8.80. The van der Waals surface area contributed by atoms with Gasteiger partial charge in [-0.05, 0) is 31.7 Å². The van der Waals surface area contributed by atoms with Crippen molar-refractivity contribution in [3.8, 4) is 0 Å². The molecule has 6 nitrogen and oxygen atoms in total. The summed E-state index contributed by atoms with van der Waals surface area (Å²) in [4.78, 5) is 9.36. The maximum Gasteiger partial charge on any atom is 0.188 e. The molecule has 0 spiro atoms. The Bertz CT molecular complexity index is 336. The monoisotopic (exact) mass is 439 g/mol. The van der Waals surface area contributed by atoms with E-state index in [9.17, 15) is 0 Å². The summed E-state index contributed by atoms with van der Waals surface area (Å²) in [6.45, 7) is 12.5. The van der Waals surface area contributed by atoms with Crippen LogP contribution in [0.1, 0.15) is 26.2 Å². The lowest BCUT2D eigenvalue weighted by Gasteiger charge is -2.30. The van der Waals surface area contributed by atoms with Gasteiger partial charge in [0.05, 0.1) is 13.2 Å². The van der Waals surface area contributed by atoms with Gasteiger partial charge in [-0.3, -0.25) is 9.89 Å². The first-order chi connectivity index (χ1) is 10.7. The molecule has 23 heavy (non-hydrogen) atoms. The SMILES string of the molecule is CC1CCCN(CCNC(N)=NCCCN2CCOCC2)C1.I. The summed E-state index contributed by atoms with van der Waals surface area (Å²) in [6.07, 6.45) is 3.76. The number of guanidine groups is 1. The molecule has 7 heteroatoms. The molecule has 2 heterocycles. The van der Waals surface area contributed by atoms with Gasteiger partial charge in [0.25, 0.3) is 0 Å². The third kappa shape index (κ3) is 9.07. The summed E-state index contributed by atoms with van der Waals surface area (Å²) in [5.41, 5.74) is 5.92. The Morgan fingerprint density at radius 1 is 1.22 bits per heavy atom. The third-order valence-corrected chi connectivity index (χ3v) is 4.49. The highest BCUT2D eigenvalue weighted by molar-refractivity contribution is 14.0. The zero-order valence-electron chi connectivity index (χ0n) is 14.5. The first kappa shape index (κ1) is 20.9. The van der Waals surface area contributed by atoms with Crippen LogP contribution in [0.25, 0.3) is 0 Å². The molecule has 0 amide bonds. The van der Waals surface area contributed by atoms with Gasteiger partial charge in [0.15, 0.2) is 5.96 Å². The lowest BCUT2D eigenvalue weighted by Crippen LogP contribution is -2.42. The number of nitrogens with one attached hydrogen (secondary N) is 1. The maximum atomic E-state index is 5.92. The summed E-state index contributed by atoms with van der Waals surface area (Å²) in [5.74, 6) is 1.42. The van der Waals surface area contributed by atoms with Gasteiger partial charge in [0.2, 0.25) is 0 Å². The van der Waals surface area contributed by atoms with Crippen LogP contribution in [0.15, 0.2) is 4.99 Å². The van der Waals surface area contributed by atoms with Crippen molar-refractivity contribution in [1.29, 1.82) is 0 Å². The fraction of sp³-hybridized carbons (Fsp3) is 0.938. The highest BCUT2D eigenvalue weighted by atomic mass is 127. The molecule has 136 valence electrons. The Morgan fingerprint density at radius 3 is 2.74 bits per heavy atom. The van der Waals surface area contributed by atoms with E-state index in [2.05, 4.69) is 27.0 Å². The molecular weight excluding hydrogens is 405 g/mol. The van der Waals surface area contributed by atoms with E-state index in [1.807, 2.05) is 0 Å². The molecular formula is C16H34IN5O. The van der Waals surface area contributed by atoms with Gasteiger partial charge in [-0.15, -0.1) is 24.0 Å². The fourth-order valence-electron chi connectivity index (χ4n) is 3.21. The molecule has 2 aliphatic rings. The van der Waals surface area contributed by atoms with E-state index in [-0.39, 0.29) is 24.0 Å². The number of likely N-dealkylation sites (tertiary alicyclic amines) is 1. The van der Waals surface area contributed by atoms with Crippen LogP contribution in [0.2, 0.25) is 0 Å². The van der Waals surface area contributed by atoms with Gasteiger partial charge < -0.3 is 20.7 Å². The largest absolute Gasteiger partial charge is 0.379 e. The topological polar surface area (TPSA) is 66.1 Å². The molecule has 0 aromatic heterocycles. The first-order valence-electron chi connectivity index (χ1n) is 8.80. The number of hydrogen-bond donors (Lipinski definition) is 2. The average molecular weight is 439 g/mol. The van der Waals surface area contributed by atoms with Crippen molar-refractivity contribution in [2.24, 2.45) is 16.6 Å². The van der Waals surface area contributed by atoms with E-state index in [0.29, 0.717) is 5.96 Å². The minimum atomic E-state index is 0. The van der Waals surface area contributed by atoms with E-state index >= 15 is 0 Å². The predicted molar refractivity (Wildman–Crippen MR) is 107 cm³/mol. The van der Waals surface area contributed by atoms with Gasteiger partial charge >= 0.3 is 0 Å². The summed E-state index contributed by atoms with van der Waals surface area (Å²) in [7, 11) is 0. The molecule has 0 saturated carbocycles. The van der Waals surface area contributed by atoms with Crippen LogP contribution in [0.4, 0.5) is 0 Å². The maximum absolute atomic E-state index is 5.92. The van der Waals surface area contributed by atoms with Gasteiger partial charge in [0.1, 0.15) is 0 Å². The molecule has 2 aliphatic heterocycles. The molecule has 0 bridgehead atoms. The molecule has 2 saturated heterocycles. The number of hydrogen-bond acceptors (Lipinski definition) is 4. The predicted octanol–water partition coefficient (Wildman–Crippen LogP) is 0.963. The van der Waals surface area contributed by atoms with E-state index in [1.54, 1.807) is 0 Å². The van der Waals surface area contributed by atoms with Crippen LogP contribution in [-0.2, 0) is 4.74 Å². The molecule has 1 atom stereocenters. The average Bonchev–Trinajstić information content (AvgIpc) is 2.53. The zero-order chi connectivity index (χ0) is 15.6.